The topological polar surface area (TPSA) is 79.8 Å². The third-order valence-corrected chi connectivity index (χ3v) is 5.75. The lowest BCUT2D eigenvalue weighted by Crippen LogP contribution is -2.12. The molecule has 0 saturated heterocycles. The molecule has 6 nitrogen and oxygen atoms in total. The largest absolute Gasteiger partial charge is 0.324 e. The summed E-state index contributed by atoms with van der Waals surface area (Å²) in [7, 11) is 0. The van der Waals surface area contributed by atoms with Gasteiger partial charge in [-0.05, 0) is 48.7 Å². The number of nitrogens with one attached hydrogen (secondary N) is 2. The molecule has 27 heavy (non-hydrogen) atoms. The van der Waals surface area contributed by atoms with Gasteiger partial charge in [0.1, 0.15) is 0 Å². The van der Waals surface area contributed by atoms with Crippen LogP contribution in [-0.2, 0) is 0 Å². The molecule has 2 aromatic heterocycles. The van der Waals surface area contributed by atoms with E-state index in [4.69, 9.17) is 0 Å². The van der Waals surface area contributed by atoms with Crippen LogP contribution in [0.4, 0.5) is 17.3 Å². The first-order valence-electron chi connectivity index (χ1n) is 8.11. The monoisotopic (exact) mass is 393 g/mol. The molecule has 0 saturated carbocycles. The smallest absolute Gasteiger partial charge is 0.255 e. The molecule has 134 valence electrons. The zero-order valence-electron chi connectivity index (χ0n) is 14.3. The predicted molar refractivity (Wildman–Crippen MR) is 111 cm³/mol. The maximum absolute atomic E-state index is 12.6. The van der Waals surface area contributed by atoms with E-state index in [2.05, 4.69) is 25.6 Å². The Labute approximate surface area is 164 Å². The van der Waals surface area contributed by atoms with Crippen LogP contribution in [0.15, 0.2) is 65.3 Å². The summed E-state index contributed by atoms with van der Waals surface area (Å²) in [5, 5.41) is 6.03. The fraction of sp³-hybridized carbons (Fsp3) is 0.0526. The van der Waals surface area contributed by atoms with Crippen molar-refractivity contribution < 1.29 is 4.79 Å². The quantitative estimate of drug-likeness (QED) is 0.474. The van der Waals surface area contributed by atoms with Crippen LogP contribution in [0.25, 0.3) is 10.2 Å². The van der Waals surface area contributed by atoms with E-state index in [0.29, 0.717) is 11.5 Å². The van der Waals surface area contributed by atoms with Gasteiger partial charge in [0.2, 0.25) is 5.95 Å². The number of thioether (sulfide) groups is 1. The second kappa shape index (κ2) is 7.73. The normalized spacial score (nSPS) is 10.7. The minimum absolute atomic E-state index is 0.179. The fourth-order valence-corrected chi connectivity index (χ4v) is 4.03. The summed E-state index contributed by atoms with van der Waals surface area (Å²) in [6.07, 6.45) is 5.32. The van der Waals surface area contributed by atoms with Crippen LogP contribution < -0.4 is 10.6 Å². The Kier molecular flexibility index (Phi) is 4.99. The molecule has 1 amide bonds. The number of carbonyl (C=O) groups is 1. The highest BCUT2D eigenvalue weighted by atomic mass is 32.2. The lowest BCUT2D eigenvalue weighted by atomic mass is 10.2. The van der Waals surface area contributed by atoms with Crippen molar-refractivity contribution >= 4 is 56.5 Å². The van der Waals surface area contributed by atoms with Crippen LogP contribution in [0, 0.1) is 0 Å². The number of hydrogen-bond donors (Lipinski definition) is 2. The number of rotatable bonds is 5. The van der Waals surface area contributed by atoms with Crippen LogP contribution in [0.1, 0.15) is 10.4 Å². The minimum Gasteiger partial charge on any atom is -0.324 e. The van der Waals surface area contributed by atoms with Gasteiger partial charge in [0.05, 0.1) is 10.2 Å². The number of carbonyl (C=O) groups excluding carboxylic acids is 1. The van der Waals surface area contributed by atoms with Crippen molar-refractivity contribution in [2.45, 2.75) is 4.34 Å². The number of aromatic nitrogens is 3. The van der Waals surface area contributed by atoms with Crippen LogP contribution in [0.5, 0.6) is 0 Å². The lowest BCUT2D eigenvalue weighted by Gasteiger charge is -2.08. The Morgan fingerprint density at radius 2 is 1.89 bits per heavy atom. The molecule has 0 aliphatic rings. The van der Waals surface area contributed by atoms with E-state index in [1.54, 1.807) is 53.7 Å². The van der Waals surface area contributed by atoms with E-state index in [9.17, 15) is 4.79 Å². The first-order chi connectivity index (χ1) is 13.2. The van der Waals surface area contributed by atoms with Crippen LogP contribution in [-0.4, -0.2) is 27.1 Å². The van der Waals surface area contributed by atoms with Gasteiger partial charge in [0.15, 0.2) is 4.34 Å². The summed E-state index contributed by atoms with van der Waals surface area (Å²) >= 11 is 3.23. The molecular weight excluding hydrogens is 378 g/mol. The first-order valence-corrected chi connectivity index (χ1v) is 10.2. The summed E-state index contributed by atoms with van der Waals surface area (Å²) in [6.45, 7) is 0. The maximum Gasteiger partial charge on any atom is 0.255 e. The number of amides is 1. The molecular formula is C19H15N5OS2. The molecule has 0 aliphatic heterocycles. The number of anilines is 3. The second-order valence-electron chi connectivity index (χ2n) is 5.60. The Morgan fingerprint density at radius 1 is 1.04 bits per heavy atom. The van der Waals surface area contributed by atoms with Gasteiger partial charge < -0.3 is 10.6 Å². The fourth-order valence-electron chi connectivity index (χ4n) is 2.50. The number of benzene rings is 2. The van der Waals surface area contributed by atoms with E-state index in [0.717, 1.165) is 25.9 Å². The molecule has 8 heteroatoms. The predicted octanol–water partition coefficient (Wildman–Crippen LogP) is 4.80. The summed E-state index contributed by atoms with van der Waals surface area (Å²) < 4.78 is 2.06. The highest BCUT2D eigenvalue weighted by Gasteiger charge is 2.09. The van der Waals surface area contributed by atoms with Gasteiger partial charge >= 0.3 is 0 Å². The van der Waals surface area contributed by atoms with E-state index in [1.165, 1.54) is 0 Å². The Morgan fingerprint density at radius 3 is 2.70 bits per heavy atom. The summed E-state index contributed by atoms with van der Waals surface area (Å²) in [4.78, 5) is 25.4. The lowest BCUT2D eigenvalue weighted by molar-refractivity contribution is 0.102. The second-order valence-corrected chi connectivity index (χ2v) is 7.68. The van der Waals surface area contributed by atoms with E-state index >= 15 is 0 Å². The third-order valence-electron chi connectivity index (χ3n) is 3.75. The zero-order valence-corrected chi connectivity index (χ0v) is 16.0. The Balaban J connectivity index is 1.52. The summed E-state index contributed by atoms with van der Waals surface area (Å²) in [5.41, 5.74) is 2.98. The van der Waals surface area contributed by atoms with Crippen molar-refractivity contribution in [1.29, 1.82) is 0 Å². The van der Waals surface area contributed by atoms with Gasteiger partial charge in [-0.15, -0.1) is 11.3 Å². The average Bonchev–Trinajstić information content (AvgIpc) is 3.11. The average molecular weight is 393 g/mol. The molecule has 2 heterocycles. The molecule has 0 radical (unpaired) electrons. The molecule has 0 fully saturated rings. The maximum atomic E-state index is 12.6. The molecule has 0 unspecified atom stereocenters. The van der Waals surface area contributed by atoms with Gasteiger partial charge in [-0.25, -0.2) is 15.0 Å². The van der Waals surface area contributed by atoms with Crippen LogP contribution >= 0.6 is 23.1 Å². The van der Waals surface area contributed by atoms with Gasteiger partial charge in [-0.3, -0.25) is 4.79 Å². The molecule has 0 aliphatic carbocycles. The molecule has 0 bridgehead atoms. The van der Waals surface area contributed by atoms with Gasteiger partial charge in [0, 0.05) is 29.3 Å². The summed E-state index contributed by atoms with van der Waals surface area (Å²) in [5.74, 6) is 0.303. The van der Waals surface area contributed by atoms with Crippen molar-refractivity contribution in [1.82, 2.24) is 15.0 Å². The van der Waals surface area contributed by atoms with Crippen molar-refractivity contribution in [3.05, 3.63) is 66.5 Å². The standard InChI is InChI=1S/C19H15N5OS2/c1-26-19-24-15-7-6-14(11-16(15)27-19)22-17(25)12-4-2-5-13(10-12)23-18-20-8-3-9-21-18/h2-11H,1H3,(H,22,25)(H,20,21,23). The SMILES string of the molecule is CSc1nc2ccc(NC(=O)c3cccc(Nc4ncccn4)c3)cc2s1. The number of nitrogens with zero attached hydrogens (tertiary/aromatic N) is 3. The first kappa shape index (κ1) is 17.4. The molecule has 0 spiro atoms. The highest BCUT2D eigenvalue weighted by Crippen LogP contribution is 2.30. The van der Waals surface area contributed by atoms with E-state index < -0.39 is 0 Å². The molecule has 0 atom stereocenters. The number of thiazole rings is 1. The minimum atomic E-state index is -0.179. The molecule has 4 rings (SSSR count). The summed E-state index contributed by atoms with van der Waals surface area (Å²) in [6, 6.07) is 14.7. The van der Waals surface area contributed by atoms with Crippen molar-refractivity contribution in [3.8, 4) is 0 Å². The van der Waals surface area contributed by atoms with E-state index in [1.807, 2.05) is 36.6 Å². The number of hydrogen-bond acceptors (Lipinski definition) is 7. The third kappa shape index (κ3) is 4.07. The van der Waals surface area contributed by atoms with Gasteiger partial charge in [-0.1, -0.05) is 17.8 Å². The highest BCUT2D eigenvalue weighted by molar-refractivity contribution is 8.00. The van der Waals surface area contributed by atoms with E-state index in [-0.39, 0.29) is 5.91 Å². The Hall–Kier alpha value is -2.97. The van der Waals surface area contributed by atoms with Crippen LogP contribution in [0.2, 0.25) is 0 Å². The molecule has 4 aromatic rings. The van der Waals surface area contributed by atoms with Crippen LogP contribution in [0.3, 0.4) is 0 Å². The molecule has 2 aromatic carbocycles. The Bertz CT molecular complexity index is 1100. The zero-order chi connectivity index (χ0) is 18.6. The van der Waals surface area contributed by atoms with Gasteiger partial charge in [0.25, 0.3) is 5.91 Å². The van der Waals surface area contributed by atoms with Crippen molar-refractivity contribution in [3.63, 3.8) is 0 Å². The van der Waals surface area contributed by atoms with Crippen molar-refractivity contribution in [2.75, 3.05) is 16.9 Å². The van der Waals surface area contributed by atoms with Crippen molar-refractivity contribution in [2.24, 2.45) is 0 Å². The molecule has 2 N–H and O–H groups in total. The van der Waals surface area contributed by atoms with Gasteiger partial charge in [-0.2, -0.15) is 0 Å². The number of fused-ring (bicyclic) bond motifs is 1.